The van der Waals surface area contributed by atoms with Crippen molar-refractivity contribution >= 4 is 6.09 Å². The number of aromatic nitrogens is 1. The Labute approximate surface area is 87.1 Å². The van der Waals surface area contributed by atoms with Gasteiger partial charge in [-0.3, -0.25) is 4.98 Å². The van der Waals surface area contributed by atoms with Crippen LogP contribution < -0.4 is 5.32 Å². The van der Waals surface area contributed by atoms with Crippen molar-refractivity contribution in [3.63, 3.8) is 0 Å². The lowest BCUT2D eigenvalue weighted by molar-refractivity contribution is 0.186. The Morgan fingerprint density at radius 2 is 2.53 bits per heavy atom. The molecule has 1 aliphatic heterocycles. The van der Waals surface area contributed by atoms with Crippen LogP contribution in [0.25, 0.3) is 0 Å². The number of rotatable bonds is 4. The molecule has 0 unspecified atom stereocenters. The highest BCUT2D eigenvalue weighted by molar-refractivity contribution is 5.65. The van der Waals surface area contributed by atoms with Crippen molar-refractivity contribution in [2.24, 2.45) is 0 Å². The van der Waals surface area contributed by atoms with Crippen molar-refractivity contribution in [3.05, 3.63) is 30.1 Å². The van der Waals surface area contributed by atoms with E-state index in [1.54, 1.807) is 6.20 Å². The van der Waals surface area contributed by atoms with Crippen molar-refractivity contribution in [1.29, 1.82) is 0 Å². The van der Waals surface area contributed by atoms with E-state index in [2.05, 4.69) is 10.3 Å². The van der Waals surface area contributed by atoms with E-state index in [1.165, 1.54) is 0 Å². The zero-order valence-electron chi connectivity index (χ0n) is 8.09. The van der Waals surface area contributed by atoms with E-state index in [4.69, 9.17) is 9.84 Å². The van der Waals surface area contributed by atoms with E-state index in [1.807, 2.05) is 18.2 Å². The fourth-order valence-electron chi connectivity index (χ4n) is 1.47. The lowest BCUT2D eigenvalue weighted by Gasteiger charge is -2.13. The molecule has 0 aromatic carbocycles. The summed E-state index contributed by atoms with van der Waals surface area (Å²) in [7, 11) is 0. The third-order valence-corrected chi connectivity index (χ3v) is 2.27. The van der Waals surface area contributed by atoms with Gasteiger partial charge in [0.05, 0.1) is 12.6 Å². The topological polar surface area (TPSA) is 74.8 Å². The quantitative estimate of drug-likeness (QED) is 0.713. The first kappa shape index (κ1) is 9.92. The molecule has 2 atom stereocenters. The maximum Gasteiger partial charge on any atom is 0.404 e. The maximum atomic E-state index is 10.5. The Bertz CT molecular complexity index is 338. The van der Waals surface area contributed by atoms with Gasteiger partial charge in [0.15, 0.2) is 0 Å². The van der Waals surface area contributed by atoms with Crippen LogP contribution >= 0.6 is 0 Å². The van der Waals surface area contributed by atoms with Crippen LogP contribution in [0, 0.1) is 0 Å². The van der Waals surface area contributed by atoms with Crippen LogP contribution in [0.4, 0.5) is 4.79 Å². The first-order valence-corrected chi connectivity index (χ1v) is 4.76. The van der Waals surface area contributed by atoms with Crippen LogP contribution in [0.5, 0.6) is 0 Å². The van der Waals surface area contributed by atoms with Crippen molar-refractivity contribution in [2.45, 2.75) is 18.6 Å². The molecule has 0 bridgehead atoms. The molecule has 0 saturated carbocycles. The molecule has 1 aromatic rings. The van der Waals surface area contributed by atoms with Gasteiger partial charge in [-0.05, 0) is 12.1 Å². The second kappa shape index (κ2) is 4.27. The summed E-state index contributed by atoms with van der Waals surface area (Å²) in [6.07, 6.45) is 1.24. The lowest BCUT2D eigenvalue weighted by Crippen LogP contribution is -2.39. The van der Waals surface area contributed by atoms with E-state index >= 15 is 0 Å². The standard InChI is InChI=1S/C10H12N2O3/c13-10(14)12-8(9-6-15-9)5-7-3-1-2-4-11-7/h1-4,8-9,12H,5-6H2,(H,13,14)/t8-,9+/m0/s1. The van der Waals surface area contributed by atoms with Crippen molar-refractivity contribution in [1.82, 2.24) is 10.3 Å². The summed E-state index contributed by atoms with van der Waals surface area (Å²) in [5, 5.41) is 11.1. The zero-order chi connectivity index (χ0) is 10.7. The molecule has 1 aromatic heterocycles. The Balaban J connectivity index is 1.97. The second-order valence-electron chi connectivity index (χ2n) is 3.45. The van der Waals surface area contributed by atoms with Gasteiger partial charge in [0, 0.05) is 18.3 Å². The third kappa shape index (κ3) is 2.92. The molecular formula is C10H12N2O3. The highest BCUT2D eigenvalue weighted by Gasteiger charge is 2.34. The van der Waals surface area contributed by atoms with Crippen LogP contribution in [-0.2, 0) is 11.2 Å². The van der Waals surface area contributed by atoms with Gasteiger partial charge in [-0.15, -0.1) is 0 Å². The predicted octanol–water partition coefficient (Wildman–Crippen LogP) is 0.659. The van der Waals surface area contributed by atoms with Crippen LogP contribution in [0.1, 0.15) is 5.69 Å². The fourth-order valence-corrected chi connectivity index (χ4v) is 1.47. The van der Waals surface area contributed by atoms with E-state index in [9.17, 15) is 4.79 Å². The highest BCUT2D eigenvalue weighted by Crippen LogP contribution is 2.17. The van der Waals surface area contributed by atoms with Gasteiger partial charge in [0.25, 0.3) is 0 Å². The van der Waals surface area contributed by atoms with Crippen molar-refractivity contribution < 1.29 is 14.6 Å². The molecule has 1 aliphatic rings. The number of carbonyl (C=O) groups is 1. The number of ether oxygens (including phenoxy) is 1. The Kier molecular flexibility index (Phi) is 2.82. The number of pyridine rings is 1. The Morgan fingerprint density at radius 1 is 1.73 bits per heavy atom. The molecule has 80 valence electrons. The Hall–Kier alpha value is -1.62. The third-order valence-electron chi connectivity index (χ3n) is 2.27. The summed E-state index contributed by atoms with van der Waals surface area (Å²) in [6.45, 7) is 0.623. The number of nitrogens with zero attached hydrogens (tertiary/aromatic N) is 1. The summed E-state index contributed by atoms with van der Waals surface area (Å²) < 4.78 is 5.09. The average molecular weight is 208 g/mol. The molecule has 5 heteroatoms. The van der Waals surface area contributed by atoms with Gasteiger partial charge in [-0.25, -0.2) is 4.79 Å². The number of epoxide rings is 1. The van der Waals surface area contributed by atoms with Gasteiger partial charge in [0.2, 0.25) is 0 Å². The predicted molar refractivity (Wildman–Crippen MR) is 52.6 cm³/mol. The molecule has 1 amide bonds. The number of amides is 1. The van der Waals surface area contributed by atoms with Crippen LogP contribution in [0.2, 0.25) is 0 Å². The maximum absolute atomic E-state index is 10.5. The van der Waals surface area contributed by atoms with E-state index < -0.39 is 6.09 Å². The molecule has 0 spiro atoms. The van der Waals surface area contributed by atoms with Gasteiger partial charge >= 0.3 is 6.09 Å². The van der Waals surface area contributed by atoms with E-state index in [0.717, 1.165) is 5.69 Å². The molecule has 2 heterocycles. The van der Waals surface area contributed by atoms with Crippen molar-refractivity contribution in [3.8, 4) is 0 Å². The molecule has 2 rings (SSSR count). The molecule has 1 fully saturated rings. The second-order valence-corrected chi connectivity index (χ2v) is 3.45. The minimum Gasteiger partial charge on any atom is -0.465 e. The first-order valence-electron chi connectivity index (χ1n) is 4.76. The summed E-state index contributed by atoms with van der Waals surface area (Å²) in [5.74, 6) is 0. The van der Waals surface area contributed by atoms with Crippen LogP contribution in [0.15, 0.2) is 24.4 Å². The summed E-state index contributed by atoms with van der Waals surface area (Å²) in [5.41, 5.74) is 0.867. The highest BCUT2D eigenvalue weighted by atomic mass is 16.6. The number of carboxylic acid groups (broad SMARTS) is 1. The zero-order valence-corrected chi connectivity index (χ0v) is 8.09. The molecule has 5 nitrogen and oxygen atoms in total. The van der Waals surface area contributed by atoms with Gasteiger partial charge in [0.1, 0.15) is 6.10 Å². The molecule has 0 aliphatic carbocycles. The molecular weight excluding hydrogens is 196 g/mol. The summed E-state index contributed by atoms with van der Waals surface area (Å²) in [4.78, 5) is 14.7. The summed E-state index contributed by atoms with van der Waals surface area (Å²) >= 11 is 0. The normalized spacial score (nSPS) is 20.7. The van der Waals surface area contributed by atoms with Crippen molar-refractivity contribution in [2.75, 3.05) is 6.61 Å². The van der Waals surface area contributed by atoms with Gasteiger partial charge in [-0.2, -0.15) is 0 Å². The summed E-state index contributed by atoms with van der Waals surface area (Å²) in [6, 6.07) is 5.39. The number of hydrogen-bond acceptors (Lipinski definition) is 3. The van der Waals surface area contributed by atoms with Crippen LogP contribution in [-0.4, -0.2) is 34.9 Å². The average Bonchev–Trinajstić information content (AvgIpc) is 3.01. The van der Waals surface area contributed by atoms with E-state index in [-0.39, 0.29) is 12.1 Å². The molecule has 2 N–H and O–H groups in total. The minimum atomic E-state index is -1.02. The monoisotopic (exact) mass is 208 g/mol. The number of hydrogen-bond donors (Lipinski definition) is 2. The van der Waals surface area contributed by atoms with Crippen LogP contribution in [0.3, 0.4) is 0 Å². The molecule has 0 radical (unpaired) electrons. The minimum absolute atomic E-state index is 0.00288. The SMILES string of the molecule is O=C(O)N[C@@H](Cc1ccccn1)[C@H]1CO1. The largest absolute Gasteiger partial charge is 0.465 e. The first-order chi connectivity index (χ1) is 7.25. The number of nitrogens with one attached hydrogen (secondary N) is 1. The Morgan fingerprint density at radius 3 is 3.07 bits per heavy atom. The lowest BCUT2D eigenvalue weighted by atomic mass is 10.1. The molecule has 15 heavy (non-hydrogen) atoms. The van der Waals surface area contributed by atoms with Gasteiger partial charge in [-0.1, -0.05) is 6.07 Å². The fraction of sp³-hybridized carbons (Fsp3) is 0.400. The smallest absolute Gasteiger partial charge is 0.404 e. The van der Waals surface area contributed by atoms with E-state index in [0.29, 0.717) is 13.0 Å². The molecule has 1 saturated heterocycles. The van der Waals surface area contributed by atoms with Gasteiger partial charge < -0.3 is 15.2 Å².